The lowest BCUT2D eigenvalue weighted by atomic mass is 10.0. The molecule has 106 valence electrons. The summed E-state index contributed by atoms with van der Waals surface area (Å²) in [6.07, 6.45) is -1.15. The molecule has 0 saturated heterocycles. The molecule has 0 saturated carbocycles. The predicted octanol–water partition coefficient (Wildman–Crippen LogP) is 5.53. The molecule has 6 heteroatoms. The van der Waals surface area contributed by atoms with Crippen LogP contribution in [0.15, 0.2) is 43.7 Å². The smallest absolute Gasteiger partial charge is 0.143 e. The molecule has 1 nitrogen and oxygen atoms in total. The molecule has 0 fully saturated rings. The fraction of sp³-hybridized carbons (Fsp3) is 0.143. The molecular weight excluding hydrogens is 462 g/mol. The maximum atomic E-state index is 13.9. The Morgan fingerprint density at radius 2 is 1.70 bits per heavy atom. The molecule has 2 rings (SSSR count). The number of aliphatic hydroxyl groups is 1. The summed E-state index contributed by atoms with van der Waals surface area (Å²) in [7, 11) is 0. The Hall–Kier alpha value is -0.300. The van der Waals surface area contributed by atoms with Gasteiger partial charge in [-0.25, -0.2) is 8.78 Å². The number of halogens is 5. The number of aliphatic hydroxyl groups excluding tert-OH is 1. The van der Waals surface area contributed by atoms with Crippen molar-refractivity contribution < 1.29 is 13.9 Å². The van der Waals surface area contributed by atoms with Crippen molar-refractivity contribution in [1.82, 2.24) is 0 Å². The van der Waals surface area contributed by atoms with Gasteiger partial charge in [-0.3, -0.25) is 0 Å². The number of hydrogen-bond acceptors (Lipinski definition) is 1. The molecule has 0 spiro atoms. The maximum Gasteiger partial charge on any atom is 0.143 e. The highest BCUT2D eigenvalue weighted by atomic mass is 79.9. The van der Waals surface area contributed by atoms with Crippen LogP contribution in [-0.2, 0) is 6.42 Å². The van der Waals surface area contributed by atoms with Crippen LogP contribution in [0.5, 0.6) is 0 Å². The lowest BCUT2D eigenvalue weighted by Crippen LogP contribution is -2.07. The van der Waals surface area contributed by atoms with Gasteiger partial charge in [0.05, 0.1) is 10.6 Å². The Kier molecular flexibility index (Phi) is 5.34. The fourth-order valence-electron chi connectivity index (χ4n) is 1.83. The van der Waals surface area contributed by atoms with Crippen LogP contribution in [0.25, 0.3) is 0 Å². The van der Waals surface area contributed by atoms with Gasteiger partial charge < -0.3 is 5.11 Å². The SMILES string of the molecule is OC(Cc1c(F)ccc(Br)c1F)c1ccc(Br)cc1Br. The van der Waals surface area contributed by atoms with Crippen LogP contribution in [0.3, 0.4) is 0 Å². The molecule has 2 aromatic carbocycles. The Morgan fingerprint density at radius 1 is 1.00 bits per heavy atom. The van der Waals surface area contributed by atoms with Crippen LogP contribution >= 0.6 is 47.8 Å². The molecule has 1 unspecified atom stereocenters. The monoisotopic (exact) mass is 468 g/mol. The van der Waals surface area contributed by atoms with Gasteiger partial charge in [-0.1, -0.05) is 37.9 Å². The molecular formula is C14H9Br3F2O. The molecule has 0 bridgehead atoms. The summed E-state index contributed by atoms with van der Waals surface area (Å²) in [6.45, 7) is 0. The summed E-state index contributed by atoms with van der Waals surface area (Å²) in [6, 6.07) is 7.71. The van der Waals surface area contributed by atoms with Gasteiger partial charge >= 0.3 is 0 Å². The van der Waals surface area contributed by atoms with Crippen LogP contribution in [0, 0.1) is 11.6 Å². The van der Waals surface area contributed by atoms with Crippen LogP contribution in [0.2, 0.25) is 0 Å². The van der Waals surface area contributed by atoms with Crippen molar-refractivity contribution in [2.75, 3.05) is 0 Å². The van der Waals surface area contributed by atoms with Gasteiger partial charge in [0.1, 0.15) is 11.6 Å². The van der Waals surface area contributed by atoms with Crippen LogP contribution < -0.4 is 0 Å². The van der Waals surface area contributed by atoms with Crippen molar-refractivity contribution in [3.8, 4) is 0 Å². The number of hydrogen-bond donors (Lipinski definition) is 1. The molecule has 1 N–H and O–H groups in total. The number of benzene rings is 2. The fourth-order valence-corrected chi connectivity index (χ4v) is 3.51. The van der Waals surface area contributed by atoms with Crippen molar-refractivity contribution in [3.63, 3.8) is 0 Å². The van der Waals surface area contributed by atoms with E-state index in [1.54, 1.807) is 18.2 Å². The van der Waals surface area contributed by atoms with E-state index in [1.165, 1.54) is 12.1 Å². The molecule has 0 radical (unpaired) electrons. The van der Waals surface area contributed by atoms with Crippen LogP contribution in [0.1, 0.15) is 17.2 Å². The van der Waals surface area contributed by atoms with Crippen molar-refractivity contribution in [1.29, 1.82) is 0 Å². The van der Waals surface area contributed by atoms with E-state index >= 15 is 0 Å². The molecule has 0 heterocycles. The predicted molar refractivity (Wildman–Crippen MR) is 84.6 cm³/mol. The van der Waals surface area contributed by atoms with Gasteiger partial charge in [-0.15, -0.1) is 0 Å². The third kappa shape index (κ3) is 3.47. The minimum atomic E-state index is -1.00. The zero-order valence-electron chi connectivity index (χ0n) is 10.0. The Balaban J connectivity index is 2.32. The Morgan fingerprint density at radius 3 is 2.35 bits per heavy atom. The summed E-state index contributed by atoms with van der Waals surface area (Å²) < 4.78 is 29.3. The number of rotatable bonds is 3. The van der Waals surface area contributed by atoms with Gasteiger partial charge in [0.25, 0.3) is 0 Å². The first-order valence-electron chi connectivity index (χ1n) is 5.65. The topological polar surface area (TPSA) is 20.2 Å². The van der Waals surface area contributed by atoms with E-state index in [1.807, 2.05) is 0 Å². The van der Waals surface area contributed by atoms with Gasteiger partial charge in [-0.2, -0.15) is 0 Å². The van der Waals surface area contributed by atoms with Crippen LogP contribution in [-0.4, -0.2) is 5.11 Å². The summed E-state index contributed by atoms with van der Waals surface area (Å²) in [5, 5.41) is 10.2. The highest BCUT2D eigenvalue weighted by Gasteiger charge is 2.19. The molecule has 0 aliphatic heterocycles. The molecule has 20 heavy (non-hydrogen) atoms. The lowest BCUT2D eigenvalue weighted by molar-refractivity contribution is 0.175. The van der Waals surface area contributed by atoms with Gasteiger partial charge in [0, 0.05) is 20.9 Å². The third-order valence-corrected chi connectivity index (χ3v) is 4.65. The van der Waals surface area contributed by atoms with Gasteiger partial charge in [0.15, 0.2) is 0 Å². The molecule has 2 aromatic rings. The molecule has 0 aliphatic rings. The van der Waals surface area contributed by atoms with E-state index in [0.29, 0.717) is 10.0 Å². The van der Waals surface area contributed by atoms with Crippen molar-refractivity contribution >= 4 is 47.8 Å². The van der Waals surface area contributed by atoms with E-state index in [-0.39, 0.29) is 16.5 Å². The zero-order chi connectivity index (χ0) is 14.9. The molecule has 0 amide bonds. The second kappa shape index (κ2) is 6.64. The maximum absolute atomic E-state index is 13.9. The second-order valence-corrected chi connectivity index (χ2v) is 6.83. The minimum Gasteiger partial charge on any atom is -0.388 e. The van der Waals surface area contributed by atoms with Gasteiger partial charge in [0.2, 0.25) is 0 Å². The van der Waals surface area contributed by atoms with E-state index < -0.39 is 17.7 Å². The second-order valence-electron chi connectivity index (χ2n) is 4.21. The first kappa shape index (κ1) is 16.1. The van der Waals surface area contributed by atoms with E-state index in [9.17, 15) is 13.9 Å². The van der Waals surface area contributed by atoms with Crippen molar-refractivity contribution in [3.05, 3.63) is 66.5 Å². The summed E-state index contributed by atoms with van der Waals surface area (Å²) in [4.78, 5) is 0. The molecule has 0 aliphatic carbocycles. The average molecular weight is 471 g/mol. The molecule has 0 aromatic heterocycles. The van der Waals surface area contributed by atoms with E-state index in [0.717, 1.165) is 4.47 Å². The highest BCUT2D eigenvalue weighted by molar-refractivity contribution is 9.11. The summed E-state index contributed by atoms with van der Waals surface area (Å²) in [5.74, 6) is -1.35. The lowest BCUT2D eigenvalue weighted by Gasteiger charge is -2.15. The standard InChI is InChI=1S/C14H9Br3F2O/c15-7-1-2-8(11(17)5-7)13(20)6-9-12(18)4-3-10(16)14(9)19/h1-5,13,20H,6H2. The van der Waals surface area contributed by atoms with E-state index in [2.05, 4.69) is 47.8 Å². The van der Waals surface area contributed by atoms with Crippen LogP contribution in [0.4, 0.5) is 8.78 Å². The van der Waals surface area contributed by atoms with Crippen molar-refractivity contribution in [2.24, 2.45) is 0 Å². The Bertz CT molecular complexity index is 647. The Labute approximate surface area is 140 Å². The minimum absolute atomic E-state index is 0.137. The quantitative estimate of drug-likeness (QED) is 0.585. The van der Waals surface area contributed by atoms with Gasteiger partial charge in [-0.05, 0) is 45.8 Å². The zero-order valence-corrected chi connectivity index (χ0v) is 14.8. The average Bonchev–Trinajstić information content (AvgIpc) is 2.39. The third-order valence-electron chi connectivity index (χ3n) is 2.86. The normalized spacial score (nSPS) is 12.5. The molecule has 1 atom stereocenters. The summed E-state index contributed by atoms with van der Waals surface area (Å²) in [5.41, 5.74) is 0.439. The largest absolute Gasteiger partial charge is 0.388 e. The first-order chi connectivity index (χ1) is 9.40. The highest BCUT2D eigenvalue weighted by Crippen LogP contribution is 2.31. The first-order valence-corrected chi connectivity index (χ1v) is 8.03. The summed E-state index contributed by atoms with van der Waals surface area (Å²) >= 11 is 9.64. The van der Waals surface area contributed by atoms with Crippen molar-refractivity contribution in [2.45, 2.75) is 12.5 Å². The van der Waals surface area contributed by atoms with E-state index in [4.69, 9.17) is 0 Å².